The number of nitrogens with two attached hydrogens (primary N) is 1. The lowest BCUT2D eigenvalue weighted by atomic mass is 9.94. The van der Waals surface area contributed by atoms with E-state index in [9.17, 15) is 14.9 Å². The minimum absolute atomic E-state index is 0.0123. The average molecular weight is 309 g/mol. The highest BCUT2D eigenvalue weighted by atomic mass is 32.2. The fraction of sp³-hybridized carbons (Fsp3) is 0.500. The number of carbonyl (C=O) groups excluding carboxylic acids is 1. The number of para-hydroxylation sites is 1. The van der Waals surface area contributed by atoms with Crippen molar-refractivity contribution in [2.75, 3.05) is 12.0 Å². The summed E-state index contributed by atoms with van der Waals surface area (Å²) in [6.45, 7) is 0. The number of nitro benzene ring substituents is 1. The van der Waals surface area contributed by atoms with Crippen LogP contribution >= 0.6 is 11.8 Å². The minimum atomic E-state index is -0.601. The Balaban J connectivity index is 2.14. The first-order chi connectivity index (χ1) is 10.0. The molecule has 1 aliphatic rings. The van der Waals surface area contributed by atoms with Crippen molar-refractivity contribution in [1.29, 1.82) is 0 Å². The van der Waals surface area contributed by atoms with Gasteiger partial charge in [0, 0.05) is 11.3 Å². The predicted molar refractivity (Wildman–Crippen MR) is 84.5 cm³/mol. The molecule has 0 heterocycles. The SMILES string of the molecule is CSC1CCCC(NC(=O)c2cccc(N)c2[N+](=O)[O-])C1. The zero-order chi connectivity index (χ0) is 15.4. The molecule has 2 atom stereocenters. The van der Waals surface area contributed by atoms with Gasteiger partial charge >= 0.3 is 5.69 Å². The van der Waals surface area contributed by atoms with E-state index in [0.717, 1.165) is 25.7 Å². The molecule has 1 fully saturated rings. The van der Waals surface area contributed by atoms with Gasteiger partial charge in [-0.25, -0.2) is 0 Å². The highest BCUT2D eigenvalue weighted by Gasteiger charge is 2.27. The van der Waals surface area contributed by atoms with Crippen LogP contribution in [0.4, 0.5) is 11.4 Å². The van der Waals surface area contributed by atoms with Gasteiger partial charge in [-0.2, -0.15) is 11.8 Å². The largest absolute Gasteiger partial charge is 0.393 e. The molecule has 0 spiro atoms. The van der Waals surface area contributed by atoms with Gasteiger partial charge in [-0.15, -0.1) is 0 Å². The van der Waals surface area contributed by atoms with Crippen molar-refractivity contribution in [3.8, 4) is 0 Å². The van der Waals surface area contributed by atoms with E-state index in [-0.39, 0.29) is 23.0 Å². The van der Waals surface area contributed by atoms with Gasteiger partial charge in [-0.3, -0.25) is 14.9 Å². The molecule has 0 radical (unpaired) electrons. The maximum Gasteiger partial charge on any atom is 0.304 e. The molecule has 6 nitrogen and oxygen atoms in total. The molecule has 1 amide bonds. The van der Waals surface area contributed by atoms with Gasteiger partial charge in [-0.05, 0) is 37.7 Å². The number of nitro groups is 1. The van der Waals surface area contributed by atoms with Gasteiger partial charge in [0.1, 0.15) is 11.3 Å². The van der Waals surface area contributed by atoms with Crippen LogP contribution in [-0.4, -0.2) is 28.4 Å². The summed E-state index contributed by atoms with van der Waals surface area (Å²) in [5.41, 5.74) is 5.34. The Kier molecular flexibility index (Phi) is 5.06. The van der Waals surface area contributed by atoms with Crippen molar-refractivity contribution in [1.82, 2.24) is 5.32 Å². The van der Waals surface area contributed by atoms with E-state index in [1.165, 1.54) is 12.1 Å². The lowest BCUT2D eigenvalue weighted by molar-refractivity contribution is -0.384. The Bertz CT molecular complexity index is 550. The maximum atomic E-state index is 12.3. The van der Waals surface area contributed by atoms with Crippen molar-refractivity contribution in [2.24, 2.45) is 0 Å². The monoisotopic (exact) mass is 309 g/mol. The third-order valence-electron chi connectivity index (χ3n) is 3.79. The summed E-state index contributed by atoms with van der Waals surface area (Å²) in [6, 6.07) is 4.51. The molecule has 2 rings (SSSR count). The lowest BCUT2D eigenvalue weighted by Gasteiger charge is -2.28. The van der Waals surface area contributed by atoms with Crippen molar-refractivity contribution < 1.29 is 9.72 Å². The second kappa shape index (κ2) is 6.80. The van der Waals surface area contributed by atoms with E-state index in [4.69, 9.17) is 5.73 Å². The standard InChI is InChI=1S/C14H19N3O3S/c1-21-10-5-2-4-9(8-10)16-14(18)11-6-3-7-12(15)13(11)17(19)20/h3,6-7,9-10H,2,4-5,8,15H2,1H3,(H,16,18). The van der Waals surface area contributed by atoms with E-state index in [0.29, 0.717) is 5.25 Å². The molecule has 21 heavy (non-hydrogen) atoms. The lowest BCUT2D eigenvalue weighted by Crippen LogP contribution is -2.39. The number of benzene rings is 1. The number of nitrogens with one attached hydrogen (secondary N) is 1. The van der Waals surface area contributed by atoms with Crippen LogP contribution in [0.1, 0.15) is 36.0 Å². The first-order valence-corrected chi connectivity index (χ1v) is 8.18. The minimum Gasteiger partial charge on any atom is -0.393 e. The third kappa shape index (κ3) is 3.66. The molecule has 0 bridgehead atoms. The van der Waals surface area contributed by atoms with Crippen LogP contribution < -0.4 is 11.1 Å². The highest BCUT2D eigenvalue weighted by molar-refractivity contribution is 7.99. The van der Waals surface area contributed by atoms with E-state index >= 15 is 0 Å². The number of rotatable bonds is 4. The second-order valence-corrected chi connectivity index (χ2v) is 6.33. The third-order valence-corrected chi connectivity index (χ3v) is 4.88. The Morgan fingerprint density at radius 2 is 2.24 bits per heavy atom. The zero-order valence-electron chi connectivity index (χ0n) is 11.9. The molecule has 0 saturated heterocycles. The predicted octanol–water partition coefficient (Wildman–Crippen LogP) is 2.58. The fourth-order valence-electron chi connectivity index (χ4n) is 2.70. The van der Waals surface area contributed by atoms with Crippen molar-refractivity contribution >= 4 is 29.0 Å². The Morgan fingerprint density at radius 1 is 1.48 bits per heavy atom. The van der Waals surface area contributed by atoms with Crippen LogP contribution in [0.3, 0.4) is 0 Å². The summed E-state index contributed by atoms with van der Waals surface area (Å²) < 4.78 is 0. The van der Waals surface area contributed by atoms with Crippen LogP contribution in [0, 0.1) is 10.1 Å². The van der Waals surface area contributed by atoms with E-state index in [1.54, 1.807) is 17.8 Å². The van der Waals surface area contributed by atoms with Crippen LogP contribution in [0.2, 0.25) is 0 Å². The maximum absolute atomic E-state index is 12.3. The Morgan fingerprint density at radius 3 is 2.90 bits per heavy atom. The normalized spacial score (nSPS) is 21.8. The van der Waals surface area contributed by atoms with Crippen LogP contribution in [0.25, 0.3) is 0 Å². The quantitative estimate of drug-likeness (QED) is 0.506. The van der Waals surface area contributed by atoms with E-state index in [1.807, 2.05) is 0 Å². The van der Waals surface area contributed by atoms with Gasteiger partial charge in [0.05, 0.1) is 4.92 Å². The van der Waals surface area contributed by atoms with Crippen molar-refractivity contribution in [3.05, 3.63) is 33.9 Å². The molecule has 1 saturated carbocycles. The number of thioether (sulfide) groups is 1. The summed E-state index contributed by atoms with van der Waals surface area (Å²) in [6.07, 6.45) is 6.11. The first kappa shape index (κ1) is 15.6. The van der Waals surface area contributed by atoms with Gasteiger partial charge in [0.2, 0.25) is 0 Å². The van der Waals surface area contributed by atoms with E-state index in [2.05, 4.69) is 11.6 Å². The number of nitrogen functional groups attached to an aromatic ring is 1. The number of carbonyl (C=O) groups is 1. The summed E-state index contributed by atoms with van der Waals surface area (Å²) in [7, 11) is 0. The summed E-state index contributed by atoms with van der Waals surface area (Å²) in [5, 5.41) is 14.5. The van der Waals surface area contributed by atoms with Crippen molar-refractivity contribution in [3.63, 3.8) is 0 Å². The molecule has 1 aromatic rings. The van der Waals surface area contributed by atoms with Gasteiger partial charge in [-0.1, -0.05) is 12.5 Å². The molecule has 3 N–H and O–H groups in total. The topological polar surface area (TPSA) is 98.3 Å². The molecule has 1 aromatic carbocycles. The fourth-order valence-corrected chi connectivity index (χ4v) is 3.53. The molecular formula is C14H19N3O3S. The van der Waals surface area contributed by atoms with Crippen LogP contribution in [0.5, 0.6) is 0 Å². The second-order valence-electron chi connectivity index (χ2n) is 5.20. The smallest absolute Gasteiger partial charge is 0.304 e. The van der Waals surface area contributed by atoms with Gasteiger partial charge < -0.3 is 11.1 Å². The summed E-state index contributed by atoms with van der Waals surface area (Å²) in [4.78, 5) is 22.8. The molecule has 2 unspecified atom stereocenters. The molecule has 114 valence electrons. The van der Waals surface area contributed by atoms with Gasteiger partial charge in [0.15, 0.2) is 0 Å². The number of hydrogen-bond acceptors (Lipinski definition) is 5. The van der Waals surface area contributed by atoms with E-state index < -0.39 is 10.8 Å². The highest BCUT2D eigenvalue weighted by Crippen LogP contribution is 2.29. The summed E-state index contributed by atoms with van der Waals surface area (Å²) >= 11 is 1.80. The summed E-state index contributed by atoms with van der Waals surface area (Å²) in [5.74, 6) is -0.416. The molecule has 0 aliphatic heterocycles. The number of hydrogen-bond donors (Lipinski definition) is 2. The first-order valence-electron chi connectivity index (χ1n) is 6.89. The number of amides is 1. The van der Waals surface area contributed by atoms with Crippen LogP contribution in [0.15, 0.2) is 18.2 Å². The molecule has 7 heteroatoms. The molecule has 1 aliphatic carbocycles. The van der Waals surface area contributed by atoms with Crippen molar-refractivity contribution in [2.45, 2.75) is 37.0 Å². The molecule has 0 aromatic heterocycles. The Hall–Kier alpha value is -1.76. The number of nitrogens with zero attached hydrogens (tertiary/aromatic N) is 1. The van der Waals surface area contributed by atoms with Crippen LogP contribution in [-0.2, 0) is 0 Å². The molecular weight excluding hydrogens is 290 g/mol. The average Bonchev–Trinajstić information content (AvgIpc) is 2.46. The Labute approximate surface area is 127 Å². The number of anilines is 1. The van der Waals surface area contributed by atoms with Gasteiger partial charge in [0.25, 0.3) is 5.91 Å². The zero-order valence-corrected chi connectivity index (χ0v) is 12.7.